The lowest BCUT2D eigenvalue weighted by molar-refractivity contribution is -0.117. The number of aliphatic imine (C=N–C) groups is 1. The fraction of sp³-hybridized carbons (Fsp3) is 0.636. The van der Waals surface area contributed by atoms with Gasteiger partial charge < -0.3 is 19.9 Å². The third-order valence-corrected chi connectivity index (χ3v) is 5.28. The fourth-order valence-corrected chi connectivity index (χ4v) is 4.06. The maximum atomic E-state index is 12.8. The largest absolute Gasteiger partial charge is 0.372 e. The minimum atomic E-state index is -0.107. The zero-order valence-electron chi connectivity index (χ0n) is 17.7. The summed E-state index contributed by atoms with van der Waals surface area (Å²) in [5.74, 6) is 0.895. The molecule has 0 aliphatic carbocycles. The number of para-hydroxylation sites is 1. The highest BCUT2D eigenvalue weighted by Gasteiger charge is 2.27. The number of rotatable bonds is 3. The summed E-state index contributed by atoms with van der Waals surface area (Å²) in [5.41, 5.74) is 2.20. The van der Waals surface area contributed by atoms with E-state index in [1.165, 1.54) is 5.56 Å². The molecule has 1 amide bonds. The van der Waals surface area contributed by atoms with Crippen molar-refractivity contribution in [3.63, 3.8) is 0 Å². The van der Waals surface area contributed by atoms with E-state index < -0.39 is 0 Å². The van der Waals surface area contributed by atoms with E-state index in [1.807, 2.05) is 23.1 Å². The van der Waals surface area contributed by atoms with E-state index in [1.54, 1.807) is 7.05 Å². The average molecular weight is 387 g/mol. The van der Waals surface area contributed by atoms with Crippen LogP contribution in [-0.4, -0.2) is 61.7 Å². The second-order valence-corrected chi connectivity index (χ2v) is 8.60. The molecule has 0 radical (unpaired) electrons. The maximum Gasteiger partial charge on any atom is 0.246 e. The molecule has 0 saturated carbocycles. The van der Waals surface area contributed by atoms with Crippen LogP contribution in [0.3, 0.4) is 0 Å². The average Bonchev–Trinajstić information content (AvgIpc) is 2.68. The fourth-order valence-electron chi connectivity index (χ4n) is 4.06. The molecule has 6 heteroatoms. The normalized spacial score (nSPS) is 18.8. The number of amides is 1. The van der Waals surface area contributed by atoms with Crippen LogP contribution in [-0.2, 0) is 16.0 Å². The molecule has 2 heterocycles. The van der Waals surface area contributed by atoms with E-state index in [0.29, 0.717) is 6.10 Å². The van der Waals surface area contributed by atoms with Gasteiger partial charge in [0.2, 0.25) is 5.91 Å². The molecule has 0 spiro atoms. The summed E-state index contributed by atoms with van der Waals surface area (Å²) >= 11 is 0. The van der Waals surface area contributed by atoms with E-state index in [9.17, 15) is 4.79 Å². The zero-order valence-corrected chi connectivity index (χ0v) is 17.7. The monoisotopic (exact) mass is 386 g/mol. The number of fused-ring (bicyclic) bond motifs is 1. The van der Waals surface area contributed by atoms with Crippen LogP contribution in [0.1, 0.15) is 45.6 Å². The lowest BCUT2D eigenvalue weighted by Crippen LogP contribution is -2.50. The quantitative estimate of drug-likeness (QED) is 0.641. The summed E-state index contributed by atoms with van der Waals surface area (Å²) in [7, 11) is 1.78. The molecule has 0 bridgehead atoms. The Balaban J connectivity index is 1.52. The summed E-state index contributed by atoms with van der Waals surface area (Å²) < 4.78 is 6.10. The first kappa shape index (κ1) is 20.6. The molecule has 1 saturated heterocycles. The van der Waals surface area contributed by atoms with Crippen LogP contribution in [0.2, 0.25) is 0 Å². The van der Waals surface area contributed by atoms with Crippen LogP contribution >= 0.6 is 0 Å². The maximum absolute atomic E-state index is 12.8. The van der Waals surface area contributed by atoms with Crippen LogP contribution in [0.15, 0.2) is 29.3 Å². The van der Waals surface area contributed by atoms with Gasteiger partial charge in [-0.15, -0.1) is 0 Å². The Kier molecular flexibility index (Phi) is 6.60. The molecule has 154 valence electrons. The third-order valence-electron chi connectivity index (χ3n) is 5.28. The van der Waals surface area contributed by atoms with Gasteiger partial charge in [-0.05, 0) is 58.1 Å². The van der Waals surface area contributed by atoms with E-state index in [4.69, 9.17) is 4.74 Å². The van der Waals surface area contributed by atoms with Crippen molar-refractivity contribution in [3.8, 4) is 0 Å². The van der Waals surface area contributed by atoms with Gasteiger partial charge in [0, 0.05) is 32.4 Å². The summed E-state index contributed by atoms with van der Waals surface area (Å²) in [4.78, 5) is 21.4. The number of aryl methyl sites for hydroxylation is 1. The van der Waals surface area contributed by atoms with Crippen molar-refractivity contribution in [3.05, 3.63) is 29.8 Å². The molecule has 6 nitrogen and oxygen atoms in total. The number of carbonyl (C=O) groups is 1. The lowest BCUT2D eigenvalue weighted by Gasteiger charge is -2.37. The number of anilines is 1. The van der Waals surface area contributed by atoms with Crippen LogP contribution < -0.4 is 10.2 Å². The molecule has 2 aliphatic rings. The van der Waals surface area contributed by atoms with Crippen molar-refractivity contribution in [1.82, 2.24) is 10.2 Å². The molecule has 3 rings (SSSR count). The van der Waals surface area contributed by atoms with Gasteiger partial charge in [-0.2, -0.15) is 0 Å². The molecule has 1 fully saturated rings. The minimum Gasteiger partial charge on any atom is -0.372 e. The van der Waals surface area contributed by atoms with Crippen LogP contribution in [0.4, 0.5) is 5.69 Å². The standard InChI is InChI=1S/C22H34N4O2/c1-22(2,3)28-18-11-14-25(15-12-18)21(23-4)24-16-20(27)26-13-7-9-17-8-5-6-10-19(17)26/h5-6,8,10,18H,7,9,11-16H2,1-4H3,(H,23,24). The van der Waals surface area contributed by atoms with Gasteiger partial charge in [-0.25, -0.2) is 0 Å². The minimum absolute atomic E-state index is 0.0965. The summed E-state index contributed by atoms with van der Waals surface area (Å²) in [6.07, 6.45) is 4.30. The summed E-state index contributed by atoms with van der Waals surface area (Å²) in [6.45, 7) is 9.13. The Labute approximate surface area is 168 Å². The van der Waals surface area contributed by atoms with Crippen molar-refractivity contribution in [2.45, 2.75) is 58.2 Å². The number of guanidine groups is 1. The van der Waals surface area contributed by atoms with Crippen molar-refractivity contribution < 1.29 is 9.53 Å². The molecule has 0 unspecified atom stereocenters. The Bertz CT molecular complexity index is 703. The van der Waals surface area contributed by atoms with Gasteiger partial charge in [-0.1, -0.05) is 18.2 Å². The number of benzene rings is 1. The topological polar surface area (TPSA) is 57.2 Å². The molecule has 1 aromatic rings. The van der Waals surface area contributed by atoms with Crippen molar-refractivity contribution in [1.29, 1.82) is 0 Å². The summed E-state index contributed by atoms with van der Waals surface area (Å²) in [5, 5.41) is 3.27. The Morgan fingerprint density at radius 2 is 1.93 bits per heavy atom. The van der Waals surface area contributed by atoms with E-state index in [-0.39, 0.29) is 18.1 Å². The van der Waals surface area contributed by atoms with Crippen molar-refractivity contribution in [2.24, 2.45) is 4.99 Å². The first-order valence-electron chi connectivity index (χ1n) is 10.4. The van der Waals surface area contributed by atoms with Crippen LogP contribution in [0, 0.1) is 0 Å². The number of piperidine rings is 1. The molecule has 0 atom stereocenters. The van der Waals surface area contributed by atoms with Crippen molar-refractivity contribution in [2.75, 3.05) is 38.1 Å². The molecular weight excluding hydrogens is 352 g/mol. The van der Waals surface area contributed by atoms with Gasteiger partial charge in [0.05, 0.1) is 18.2 Å². The predicted octanol–water partition coefficient (Wildman–Crippen LogP) is 2.82. The Morgan fingerprint density at radius 3 is 2.61 bits per heavy atom. The number of carbonyl (C=O) groups excluding carboxylic acids is 1. The van der Waals surface area contributed by atoms with Gasteiger partial charge in [-0.3, -0.25) is 9.79 Å². The predicted molar refractivity (Wildman–Crippen MR) is 114 cm³/mol. The van der Waals surface area contributed by atoms with Gasteiger partial charge >= 0.3 is 0 Å². The lowest BCUT2D eigenvalue weighted by atomic mass is 10.0. The molecule has 1 N–H and O–H groups in total. The third kappa shape index (κ3) is 5.25. The number of likely N-dealkylation sites (tertiary alicyclic amines) is 1. The second kappa shape index (κ2) is 8.95. The molecule has 2 aliphatic heterocycles. The van der Waals surface area contributed by atoms with Crippen LogP contribution in [0.25, 0.3) is 0 Å². The number of nitrogens with zero attached hydrogens (tertiary/aromatic N) is 3. The first-order chi connectivity index (χ1) is 13.4. The molecule has 0 aromatic heterocycles. The Morgan fingerprint density at radius 1 is 1.21 bits per heavy atom. The summed E-state index contributed by atoms with van der Waals surface area (Å²) in [6, 6.07) is 8.20. The zero-order chi connectivity index (χ0) is 20.1. The highest BCUT2D eigenvalue weighted by molar-refractivity contribution is 5.98. The van der Waals surface area contributed by atoms with Gasteiger partial charge in [0.25, 0.3) is 0 Å². The van der Waals surface area contributed by atoms with Crippen LogP contribution in [0.5, 0.6) is 0 Å². The van der Waals surface area contributed by atoms with E-state index in [0.717, 1.165) is 57.0 Å². The van der Waals surface area contributed by atoms with Crippen molar-refractivity contribution >= 4 is 17.6 Å². The number of hydrogen-bond acceptors (Lipinski definition) is 3. The highest BCUT2D eigenvalue weighted by Crippen LogP contribution is 2.26. The SMILES string of the molecule is CN=C(NCC(=O)N1CCCc2ccccc21)N1CCC(OC(C)(C)C)CC1. The first-order valence-corrected chi connectivity index (χ1v) is 10.4. The number of ether oxygens (including phenoxy) is 1. The molecule has 1 aromatic carbocycles. The number of nitrogens with one attached hydrogen (secondary N) is 1. The second-order valence-electron chi connectivity index (χ2n) is 8.60. The highest BCUT2D eigenvalue weighted by atomic mass is 16.5. The molecule has 28 heavy (non-hydrogen) atoms. The Hall–Kier alpha value is -2.08. The smallest absolute Gasteiger partial charge is 0.246 e. The van der Waals surface area contributed by atoms with Gasteiger partial charge in [0.1, 0.15) is 0 Å². The van der Waals surface area contributed by atoms with Gasteiger partial charge in [0.15, 0.2) is 5.96 Å². The molecular formula is C22H34N4O2. The van der Waals surface area contributed by atoms with E-state index >= 15 is 0 Å². The van der Waals surface area contributed by atoms with E-state index in [2.05, 4.69) is 42.0 Å². The number of hydrogen-bond donors (Lipinski definition) is 1.